The van der Waals surface area contributed by atoms with Crippen LogP contribution in [0.25, 0.3) is 11.3 Å². The molecule has 0 spiro atoms. The number of hydrazone groups is 1. The lowest BCUT2D eigenvalue weighted by atomic mass is 10.1. The highest BCUT2D eigenvalue weighted by Crippen LogP contribution is 2.24. The van der Waals surface area contributed by atoms with Gasteiger partial charge in [-0.25, -0.2) is 4.98 Å². The summed E-state index contributed by atoms with van der Waals surface area (Å²) in [6.07, 6.45) is 3.13. The molecule has 0 saturated heterocycles. The summed E-state index contributed by atoms with van der Waals surface area (Å²) in [6, 6.07) is 11.8. The van der Waals surface area contributed by atoms with E-state index >= 15 is 0 Å². The van der Waals surface area contributed by atoms with E-state index in [0.29, 0.717) is 16.0 Å². The molecule has 3 rings (SSSR count). The summed E-state index contributed by atoms with van der Waals surface area (Å²) >= 11 is 6.66. The Morgan fingerprint density at radius 2 is 2.13 bits per heavy atom. The average Bonchev–Trinajstić information content (AvgIpc) is 3.20. The molecule has 116 valence electrons. The summed E-state index contributed by atoms with van der Waals surface area (Å²) in [4.78, 5) is 4.52. The molecule has 0 aliphatic heterocycles. The van der Waals surface area contributed by atoms with Gasteiger partial charge in [-0.2, -0.15) is 5.10 Å². The molecule has 2 N–H and O–H groups in total. The van der Waals surface area contributed by atoms with Gasteiger partial charge in [-0.3, -0.25) is 5.43 Å². The Bertz CT molecular complexity index is 807. The van der Waals surface area contributed by atoms with Gasteiger partial charge in [0.05, 0.1) is 18.2 Å². The van der Waals surface area contributed by atoms with Crippen molar-refractivity contribution in [1.29, 1.82) is 0 Å². The fourth-order valence-electron chi connectivity index (χ4n) is 1.83. The number of thiocarbonyl (C=S) groups is 1. The van der Waals surface area contributed by atoms with E-state index in [1.54, 1.807) is 24.6 Å². The van der Waals surface area contributed by atoms with E-state index in [0.717, 1.165) is 11.3 Å². The zero-order chi connectivity index (χ0) is 16.1. The number of aryl methyl sites for hydroxylation is 1. The van der Waals surface area contributed by atoms with Crippen LogP contribution in [0.3, 0.4) is 0 Å². The molecule has 0 amide bonds. The van der Waals surface area contributed by atoms with Crippen molar-refractivity contribution < 1.29 is 4.42 Å². The second-order valence-corrected chi connectivity index (χ2v) is 6.01. The second kappa shape index (κ2) is 7.17. The third kappa shape index (κ3) is 4.24. The number of hydrogen-bond acceptors (Lipinski definition) is 5. The molecule has 2 aromatic heterocycles. The van der Waals surface area contributed by atoms with Crippen LogP contribution < -0.4 is 10.7 Å². The van der Waals surface area contributed by atoms with Gasteiger partial charge in [0.2, 0.25) is 0 Å². The first kappa shape index (κ1) is 15.4. The van der Waals surface area contributed by atoms with Crippen LogP contribution in [0.15, 0.2) is 57.6 Å². The van der Waals surface area contributed by atoms with E-state index in [9.17, 15) is 0 Å². The number of nitrogens with one attached hydrogen (secondary N) is 2. The third-order valence-electron chi connectivity index (χ3n) is 2.97. The largest absolute Gasteiger partial charge is 0.463 e. The SMILES string of the molecule is Cc1ccc(-c2csc(NC(=S)N/N=C/c3ccco3)n2)cc1. The van der Waals surface area contributed by atoms with Crippen molar-refractivity contribution in [3.8, 4) is 11.3 Å². The van der Waals surface area contributed by atoms with E-state index < -0.39 is 0 Å². The number of benzene rings is 1. The highest BCUT2D eigenvalue weighted by molar-refractivity contribution is 7.80. The van der Waals surface area contributed by atoms with Gasteiger partial charge in [-0.15, -0.1) is 11.3 Å². The van der Waals surface area contributed by atoms with Crippen LogP contribution >= 0.6 is 23.6 Å². The van der Waals surface area contributed by atoms with Gasteiger partial charge < -0.3 is 9.73 Å². The summed E-state index contributed by atoms with van der Waals surface area (Å²) in [7, 11) is 0. The lowest BCUT2D eigenvalue weighted by molar-refractivity contribution is 0.560. The molecule has 0 atom stereocenters. The third-order valence-corrected chi connectivity index (χ3v) is 3.92. The predicted molar refractivity (Wildman–Crippen MR) is 97.9 cm³/mol. The van der Waals surface area contributed by atoms with Gasteiger partial charge >= 0.3 is 0 Å². The first-order valence-electron chi connectivity index (χ1n) is 6.87. The zero-order valence-electron chi connectivity index (χ0n) is 12.3. The van der Waals surface area contributed by atoms with Gasteiger partial charge in [0.25, 0.3) is 0 Å². The van der Waals surface area contributed by atoms with Gasteiger partial charge in [0.1, 0.15) is 5.76 Å². The number of rotatable bonds is 4. The molecule has 1 aromatic carbocycles. The Labute approximate surface area is 143 Å². The summed E-state index contributed by atoms with van der Waals surface area (Å²) in [5.74, 6) is 0.649. The van der Waals surface area contributed by atoms with Crippen LogP contribution in [0.4, 0.5) is 5.13 Å². The van der Waals surface area contributed by atoms with Crippen molar-refractivity contribution in [1.82, 2.24) is 10.4 Å². The summed E-state index contributed by atoms with van der Waals surface area (Å²) in [6.45, 7) is 2.06. The van der Waals surface area contributed by atoms with Gasteiger partial charge in [0, 0.05) is 10.9 Å². The number of thiazole rings is 1. The quantitative estimate of drug-likeness (QED) is 0.426. The molecule has 0 bridgehead atoms. The van der Waals surface area contributed by atoms with Crippen LogP contribution in [0.2, 0.25) is 0 Å². The molecular weight excluding hydrogens is 328 g/mol. The Morgan fingerprint density at radius 3 is 2.87 bits per heavy atom. The number of aromatic nitrogens is 1. The van der Waals surface area contributed by atoms with E-state index in [2.05, 4.69) is 52.0 Å². The van der Waals surface area contributed by atoms with Crippen LogP contribution in [-0.2, 0) is 0 Å². The molecule has 0 aliphatic carbocycles. The monoisotopic (exact) mass is 342 g/mol. The first-order valence-corrected chi connectivity index (χ1v) is 8.15. The maximum absolute atomic E-state index is 5.17. The van der Waals surface area contributed by atoms with E-state index in [-0.39, 0.29) is 0 Å². The smallest absolute Gasteiger partial charge is 0.193 e. The lowest BCUT2D eigenvalue weighted by Gasteiger charge is -2.02. The number of nitrogens with zero attached hydrogens (tertiary/aromatic N) is 2. The fourth-order valence-corrected chi connectivity index (χ4v) is 2.77. The molecule has 0 saturated carbocycles. The number of furan rings is 1. The van der Waals surface area contributed by atoms with E-state index in [4.69, 9.17) is 16.6 Å². The Hall–Kier alpha value is -2.51. The highest BCUT2D eigenvalue weighted by Gasteiger charge is 2.05. The molecule has 5 nitrogen and oxygen atoms in total. The Morgan fingerprint density at radius 1 is 1.30 bits per heavy atom. The molecule has 0 unspecified atom stereocenters. The molecular formula is C16H14N4OS2. The highest BCUT2D eigenvalue weighted by atomic mass is 32.1. The van der Waals surface area contributed by atoms with Gasteiger partial charge in [0.15, 0.2) is 10.2 Å². The first-order chi connectivity index (χ1) is 11.2. The van der Waals surface area contributed by atoms with Gasteiger partial charge in [-0.05, 0) is 31.3 Å². The average molecular weight is 342 g/mol. The maximum atomic E-state index is 5.17. The summed E-state index contributed by atoms with van der Waals surface area (Å²) in [5, 5.41) is 10.1. The molecule has 2 heterocycles. The van der Waals surface area contributed by atoms with Crippen LogP contribution in [-0.4, -0.2) is 16.3 Å². The fraction of sp³-hybridized carbons (Fsp3) is 0.0625. The Kier molecular flexibility index (Phi) is 4.80. The normalized spacial score (nSPS) is 10.8. The van der Waals surface area contributed by atoms with E-state index in [1.807, 2.05) is 5.38 Å². The molecule has 0 fully saturated rings. The van der Waals surface area contributed by atoms with Crippen molar-refractivity contribution in [2.45, 2.75) is 6.92 Å². The van der Waals surface area contributed by atoms with Crippen LogP contribution in [0, 0.1) is 6.92 Å². The molecule has 3 aromatic rings. The number of anilines is 1. The van der Waals surface area contributed by atoms with Crippen molar-refractivity contribution >= 4 is 40.0 Å². The summed E-state index contributed by atoms with van der Waals surface area (Å²) in [5.41, 5.74) is 5.94. The molecule has 0 aliphatic rings. The molecule has 0 radical (unpaired) electrons. The van der Waals surface area contributed by atoms with Crippen molar-refractivity contribution in [3.05, 3.63) is 59.4 Å². The second-order valence-electron chi connectivity index (χ2n) is 4.74. The van der Waals surface area contributed by atoms with Crippen molar-refractivity contribution in [2.75, 3.05) is 5.32 Å². The van der Waals surface area contributed by atoms with Crippen LogP contribution in [0.1, 0.15) is 11.3 Å². The van der Waals surface area contributed by atoms with Crippen LogP contribution in [0.5, 0.6) is 0 Å². The molecule has 23 heavy (non-hydrogen) atoms. The molecule has 7 heteroatoms. The van der Waals surface area contributed by atoms with E-state index in [1.165, 1.54) is 16.9 Å². The maximum Gasteiger partial charge on any atom is 0.193 e. The van der Waals surface area contributed by atoms with Crippen molar-refractivity contribution in [2.24, 2.45) is 5.10 Å². The standard InChI is InChI=1S/C16H14N4OS2/c1-11-4-6-12(7-5-11)14-10-23-16(18-14)19-15(22)20-17-9-13-3-2-8-21-13/h2-10H,1H3,(H2,18,19,20,22)/b17-9+. The zero-order valence-corrected chi connectivity index (χ0v) is 13.9. The van der Waals surface area contributed by atoms with Gasteiger partial charge in [-0.1, -0.05) is 29.8 Å². The van der Waals surface area contributed by atoms with Crippen molar-refractivity contribution in [3.63, 3.8) is 0 Å². The lowest BCUT2D eigenvalue weighted by Crippen LogP contribution is -2.23. The summed E-state index contributed by atoms with van der Waals surface area (Å²) < 4.78 is 5.13. The minimum Gasteiger partial charge on any atom is -0.463 e. The minimum atomic E-state index is 0.373. The number of hydrogen-bond donors (Lipinski definition) is 2. The minimum absolute atomic E-state index is 0.373. The predicted octanol–water partition coefficient (Wildman–Crippen LogP) is 4.03. The Balaban J connectivity index is 1.58. The topological polar surface area (TPSA) is 62.5 Å².